The van der Waals surface area contributed by atoms with E-state index < -0.39 is 9.84 Å². The fraction of sp³-hybridized carbons (Fsp3) is 0.391. The van der Waals surface area contributed by atoms with Crippen LogP contribution in [0.2, 0.25) is 0 Å². The summed E-state index contributed by atoms with van der Waals surface area (Å²) in [6.45, 7) is 2.03. The predicted molar refractivity (Wildman–Crippen MR) is 113 cm³/mol. The van der Waals surface area contributed by atoms with Crippen LogP contribution in [0.5, 0.6) is 5.75 Å². The zero-order valence-electron chi connectivity index (χ0n) is 16.5. The molecule has 2 aromatic carbocycles. The van der Waals surface area contributed by atoms with E-state index >= 15 is 0 Å². The predicted octanol–water partition coefficient (Wildman–Crippen LogP) is 3.56. The first-order valence-corrected chi connectivity index (χ1v) is 11.9. The Labute approximate surface area is 167 Å². The molecule has 0 aromatic heterocycles. The van der Waals surface area contributed by atoms with E-state index in [9.17, 15) is 8.42 Å². The van der Waals surface area contributed by atoms with Gasteiger partial charge in [-0.2, -0.15) is 0 Å². The van der Waals surface area contributed by atoms with Gasteiger partial charge in [0.1, 0.15) is 21.2 Å². The Kier molecular flexibility index (Phi) is 5.06. The lowest BCUT2D eigenvalue weighted by atomic mass is 9.82. The average Bonchev–Trinajstić information content (AvgIpc) is 2.68. The minimum atomic E-state index is -2.98. The molecule has 0 radical (unpaired) electrons. The van der Waals surface area contributed by atoms with Gasteiger partial charge in [-0.25, -0.2) is 8.42 Å². The fourth-order valence-corrected chi connectivity index (χ4v) is 4.65. The first kappa shape index (κ1) is 19.2. The van der Waals surface area contributed by atoms with Crippen LogP contribution >= 0.6 is 0 Å². The lowest BCUT2D eigenvalue weighted by Crippen LogP contribution is -2.46. The number of sulfone groups is 1. The fourth-order valence-electron chi connectivity index (χ4n) is 4.05. The summed E-state index contributed by atoms with van der Waals surface area (Å²) in [7, 11) is -0.823. The van der Waals surface area contributed by atoms with Gasteiger partial charge in [-0.05, 0) is 42.3 Å². The van der Waals surface area contributed by atoms with Gasteiger partial charge >= 0.3 is 0 Å². The SMILES string of the molecule is CN1CCC2(C=C(c3cccc(CCS(C)(=O)=O)c3)c3ccccc3O2)CC1. The molecule has 4 rings (SSSR count). The van der Waals surface area contributed by atoms with E-state index in [4.69, 9.17) is 4.74 Å². The summed E-state index contributed by atoms with van der Waals surface area (Å²) in [5, 5.41) is 0. The standard InChI is InChI=1S/C23H27NO3S/c1-24-13-11-23(12-14-24)17-21(20-8-3-4-9-22(20)27-23)19-7-5-6-18(16-19)10-15-28(2,25)26/h3-9,16-17H,10-15H2,1-2H3. The molecule has 0 unspecified atom stereocenters. The van der Waals surface area contributed by atoms with Crippen molar-refractivity contribution in [1.82, 2.24) is 4.90 Å². The number of hydrogen-bond donors (Lipinski definition) is 0. The second kappa shape index (κ2) is 7.37. The molecule has 0 saturated carbocycles. The summed E-state index contributed by atoms with van der Waals surface area (Å²) in [6, 6.07) is 16.5. The number of likely N-dealkylation sites (tertiary alicyclic amines) is 1. The van der Waals surface area contributed by atoms with Gasteiger partial charge in [0.05, 0.1) is 5.75 Å². The van der Waals surface area contributed by atoms with E-state index in [0.717, 1.165) is 48.4 Å². The third kappa shape index (κ3) is 4.15. The van der Waals surface area contributed by atoms with E-state index in [1.807, 2.05) is 24.3 Å². The molecule has 2 heterocycles. The van der Waals surface area contributed by atoms with Gasteiger partial charge in [-0.1, -0.05) is 42.5 Å². The summed E-state index contributed by atoms with van der Waals surface area (Å²) in [4.78, 5) is 2.34. The highest BCUT2D eigenvalue weighted by Crippen LogP contribution is 2.43. The minimum absolute atomic E-state index is 0.172. The van der Waals surface area contributed by atoms with Crippen LogP contribution in [0.3, 0.4) is 0 Å². The van der Waals surface area contributed by atoms with E-state index in [2.05, 4.69) is 42.3 Å². The number of nitrogens with zero attached hydrogens (tertiary/aromatic N) is 1. The van der Waals surface area contributed by atoms with Crippen LogP contribution < -0.4 is 4.74 Å². The highest BCUT2D eigenvalue weighted by atomic mass is 32.2. The maximum atomic E-state index is 11.6. The highest BCUT2D eigenvalue weighted by molar-refractivity contribution is 7.90. The van der Waals surface area contributed by atoms with E-state index in [-0.39, 0.29) is 11.4 Å². The molecule has 2 aromatic rings. The topological polar surface area (TPSA) is 46.6 Å². The van der Waals surface area contributed by atoms with Crippen molar-refractivity contribution in [2.24, 2.45) is 0 Å². The van der Waals surface area contributed by atoms with Crippen molar-refractivity contribution in [2.45, 2.75) is 24.9 Å². The summed E-state index contributed by atoms with van der Waals surface area (Å²) in [5.74, 6) is 1.11. The monoisotopic (exact) mass is 397 g/mol. The molecule has 2 aliphatic rings. The lowest BCUT2D eigenvalue weighted by molar-refractivity contribution is 0.0468. The number of rotatable bonds is 4. The molecular formula is C23H27NO3S. The van der Waals surface area contributed by atoms with Crippen LogP contribution in [0.4, 0.5) is 0 Å². The zero-order chi connectivity index (χ0) is 19.8. The maximum absolute atomic E-state index is 11.6. The molecule has 1 saturated heterocycles. The molecule has 28 heavy (non-hydrogen) atoms. The smallest absolute Gasteiger partial charge is 0.147 e. The molecule has 0 atom stereocenters. The Hall–Kier alpha value is -2.11. The molecular weight excluding hydrogens is 370 g/mol. The largest absolute Gasteiger partial charge is 0.482 e. The normalized spacial score (nSPS) is 19.0. The number of piperidine rings is 1. The molecule has 148 valence electrons. The number of para-hydroxylation sites is 1. The third-order valence-electron chi connectivity index (χ3n) is 5.73. The van der Waals surface area contributed by atoms with Gasteiger partial charge in [0, 0.05) is 37.8 Å². The van der Waals surface area contributed by atoms with E-state index in [1.54, 1.807) is 0 Å². The van der Waals surface area contributed by atoms with Crippen molar-refractivity contribution >= 4 is 15.4 Å². The second-order valence-electron chi connectivity index (χ2n) is 8.10. The van der Waals surface area contributed by atoms with Gasteiger partial charge in [-0.15, -0.1) is 0 Å². The molecule has 2 aliphatic heterocycles. The van der Waals surface area contributed by atoms with Crippen molar-refractivity contribution in [2.75, 3.05) is 32.1 Å². The van der Waals surface area contributed by atoms with Crippen LogP contribution in [-0.4, -0.2) is 51.1 Å². The number of fused-ring (bicyclic) bond motifs is 1. The molecule has 0 bridgehead atoms. The zero-order valence-corrected chi connectivity index (χ0v) is 17.3. The Morgan fingerprint density at radius 2 is 1.82 bits per heavy atom. The van der Waals surface area contributed by atoms with Gasteiger partial charge in [0.15, 0.2) is 0 Å². The van der Waals surface area contributed by atoms with Crippen LogP contribution in [0.1, 0.15) is 29.5 Å². The number of ether oxygens (including phenoxy) is 1. The van der Waals surface area contributed by atoms with Crippen molar-refractivity contribution in [3.8, 4) is 5.75 Å². The van der Waals surface area contributed by atoms with Crippen LogP contribution in [-0.2, 0) is 16.3 Å². The Bertz CT molecular complexity index is 1000. The minimum Gasteiger partial charge on any atom is -0.482 e. The summed E-state index contributed by atoms with van der Waals surface area (Å²) in [6.07, 6.45) is 6.06. The Balaban J connectivity index is 1.72. The molecule has 1 spiro atoms. The Morgan fingerprint density at radius 1 is 1.07 bits per heavy atom. The molecule has 0 aliphatic carbocycles. The van der Waals surface area contributed by atoms with Crippen molar-refractivity contribution < 1.29 is 13.2 Å². The number of benzene rings is 2. The molecule has 4 nitrogen and oxygen atoms in total. The number of hydrogen-bond acceptors (Lipinski definition) is 4. The quantitative estimate of drug-likeness (QED) is 0.791. The third-order valence-corrected chi connectivity index (χ3v) is 6.68. The van der Waals surface area contributed by atoms with E-state index in [1.165, 1.54) is 11.8 Å². The molecule has 0 amide bonds. The summed E-state index contributed by atoms with van der Waals surface area (Å²) >= 11 is 0. The van der Waals surface area contributed by atoms with Crippen molar-refractivity contribution in [3.05, 3.63) is 71.3 Å². The molecule has 1 fully saturated rings. The first-order chi connectivity index (χ1) is 13.3. The van der Waals surface area contributed by atoms with Crippen LogP contribution in [0, 0.1) is 0 Å². The van der Waals surface area contributed by atoms with Gasteiger partial charge < -0.3 is 9.64 Å². The second-order valence-corrected chi connectivity index (χ2v) is 10.4. The lowest BCUT2D eigenvalue weighted by Gasteiger charge is -2.42. The van der Waals surface area contributed by atoms with Crippen molar-refractivity contribution in [3.63, 3.8) is 0 Å². The summed E-state index contributed by atoms with van der Waals surface area (Å²) < 4.78 is 29.6. The summed E-state index contributed by atoms with van der Waals surface area (Å²) in [5.41, 5.74) is 4.20. The van der Waals surface area contributed by atoms with Gasteiger partial charge in [0.25, 0.3) is 0 Å². The van der Waals surface area contributed by atoms with Crippen molar-refractivity contribution in [1.29, 1.82) is 0 Å². The van der Waals surface area contributed by atoms with Gasteiger partial charge in [0.2, 0.25) is 0 Å². The molecule has 5 heteroatoms. The maximum Gasteiger partial charge on any atom is 0.147 e. The first-order valence-electron chi connectivity index (χ1n) is 9.80. The van der Waals surface area contributed by atoms with E-state index in [0.29, 0.717) is 6.42 Å². The highest BCUT2D eigenvalue weighted by Gasteiger charge is 2.38. The average molecular weight is 398 g/mol. The molecule has 0 N–H and O–H groups in total. The van der Waals surface area contributed by atoms with Crippen LogP contribution in [0.25, 0.3) is 5.57 Å². The Morgan fingerprint density at radius 3 is 2.57 bits per heavy atom. The van der Waals surface area contributed by atoms with Gasteiger partial charge in [-0.3, -0.25) is 0 Å². The van der Waals surface area contributed by atoms with Crippen LogP contribution in [0.15, 0.2) is 54.6 Å². The number of aryl methyl sites for hydroxylation is 1.